The Hall–Kier alpha value is -2.30. The molecule has 0 bridgehead atoms. The predicted molar refractivity (Wildman–Crippen MR) is 101 cm³/mol. The molecule has 3 rings (SSSR count). The number of aromatic nitrogens is 2. The Balaban J connectivity index is 1.89. The highest BCUT2D eigenvalue weighted by atomic mass is 16.2. The molecule has 0 saturated carbocycles. The first-order chi connectivity index (χ1) is 11.9. The number of benzene rings is 1. The summed E-state index contributed by atoms with van der Waals surface area (Å²) in [5.74, 6) is 0.191. The maximum Gasteiger partial charge on any atom is 0.227 e. The van der Waals surface area contributed by atoms with Crippen LogP contribution in [0.2, 0.25) is 0 Å². The number of anilines is 1. The van der Waals surface area contributed by atoms with E-state index in [1.807, 2.05) is 25.6 Å². The van der Waals surface area contributed by atoms with Crippen molar-refractivity contribution in [2.24, 2.45) is 7.05 Å². The Morgan fingerprint density at radius 2 is 1.96 bits per heavy atom. The second-order valence-electron chi connectivity index (χ2n) is 7.04. The summed E-state index contributed by atoms with van der Waals surface area (Å²) in [4.78, 5) is 17.5. The van der Waals surface area contributed by atoms with Gasteiger partial charge in [0.15, 0.2) is 0 Å². The zero-order valence-electron chi connectivity index (χ0n) is 15.9. The van der Waals surface area contributed by atoms with Crippen molar-refractivity contribution in [1.82, 2.24) is 14.7 Å². The minimum Gasteiger partial charge on any atom is -0.372 e. The van der Waals surface area contributed by atoms with E-state index in [0.29, 0.717) is 13.0 Å². The molecular formula is C20H28N4O. The molecule has 1 amide bonds. The first kappa shape index (κ1) is 17.5. The van der Waals surface area contributed by atoms with Crippen LogP contribution in [-0.4, -0.2) is 40.2 Å². The Morgan fingerprint density at radius 1 is 1.24 bits per heavy atom. The lowest BCUT2D eigenvalue weighted by Crippen LogP contribution is -2.44. The molecule has 0 N–H and O–H groups in total. The van der Waals surface area contributed by atoms with E-state index in [9.17, 15) is 4.79 Å². The number of fused-ring (bicyclic) bond motifs is 1. The van der Waals surface area contributed by atoms with Crippen LogP contribution in [0, 0.1) is 13.8 Å². The summed E-state index contributed by atoms with van der Waals surface area (Å²) in [5.41, 5.74) is 5.53. The van der Waals surface area contributed by atoms with Crippen LogP contribution in [0.25, 0.3) is 0 Å². The van der Waals surface area contributed by atoms with E-state index in [1.54, 1.807) is 0 Å². The third kappa shape index (κ3) is 3.28. The Morgan fingerprint density at radius 3 is 2.60 bits per heavy atom. The maximum atomic E-state index is 13.2. The van der Waals surface area contributed by atoms with Gasteiger partial charge in [0.2, 0.25) is 5.91 Å². The number of likely N-dealkylation sites (N-methyl/N-ethyl adjacent to an activating group) is 1. The van der Waals surface area contributed by atoms with Crippen LogP contribution in [0.4, 0.5) is 5.69 Å². The fraction of sp³-hybridized carbons (Fsp3) is 0.500. The molecule has 5 heteroatoms. The predicted octanol–water partition coefficient (Wildman–Crippen LogP) is 2.84. The lowest BCUT2D eigenvalue weighted by Gasteiger charge is -2.31. The lowest BCUT2D eigenvalue weighted by molar-refractivity contribution is -0.133. The highest BCUT2D eigenvalue weighted by molar-refractivity contribution is 5.80. The smallest absolute Gasteiger partial charge is 0.227 e. The largest absolute Gasteiger partial charge is 0.372 e. The van der Waals surface area contributed by atoms with Gasteiger partial charge in [-0.2, -0.15) is 5.10 Å². The van der Waals surface area contributed by atoms with E-state index in [-0.39, 0.29) is 11.9 Å². The van der Waals surface area contributed by atoms with E-state index in [0.717, 1.165) is 29.9 Å². The lowest BCUT2D eigenvalue weighted by atomic mass is 10.1. The molecule has 1 atom stereocenters. The van der Waals surface area contributed by atoms with Gasteiger partial charge in [0.1, 0.15) is 0 Å². The third-order valence-electron chi connectivity index (χ3n) is 5.45. The molecule has 2 aromatic rings. The number of hydrogen-bond donors (Lipinski definition) is 0. The minimum atomic E-state index is 0.191. The highest BCUT2D eigenvalue weighted by Crippen LogP contribution is 2.28. The van der Waals surface area contributed by atoms with E-state index >= 15 is 0 Å². The maximum absolute atomic E-state index is 13.2. The van der Waals surface area contributed by atoms with Crippen LogP contribution >= 0.6 is 0 Å². The molecule has 0 spiro atoms. The van der Waals surface area contributed by atoms with E-state index in [1.165, 1.54) is 11.3 Å². The molecular weight excluding hydrogens is 312 g/mol. The van der Waals surface area contributed by atoms with Gasteiger partial charge in [-0.15, -0.1) is 0 Å². The fourth-order valence-corrected chi connectivity index (χ4v) is 3.81. The summed E-state index contributed by atoms with van der Waals surface area (Å²) in [6.45, 7) is 7.72. The molecule has 2 heterocycles. The third-order valence-corrected chi connectivity index (χ3v) is 5.45. The van der Waals surface area contributed by atoms with Crippen LogP contribution in [0.1, 0.15) is 35.9 Å². The summed E-state index contributed by atoms with van der Waals surface area (Å²) in [6, 6.07) is 8.62. The fourth-order valence-electron chi connectivity index (χ4n) is 3.81. The molecule has 0 radical (unpaired) electrons. The van der Waals surface area contributed by atoms with Crippen LogP contribution < -0.4 is 4.90 Å². The number of amides is 1. The Bertz CT molecular complexity index is 780. The SMILES string of the molecule is CC[C@H]1CN(C)c2ccccc2CN1C(=O)Cc1c(C)nn(C)c1C. The van der Waals surface area contributed by atoms with Gasteiger partial charge in [-0.1, -0.05) is 25.1 Å². The van der Waals surface area contributed by atoms with Crippen molar-refractivity contribution in [3.8, 4) is 0 Å². The number of nitrogens with zero attached hydrogens (tertiary/aromatic N) is 4. The number of rotatable bonds is 3. The number of hydrogen-bond acceptors (Lipinski definition) is 3. The van der Waals surface area contributed by atoms with Crippen molar-refractivity contribution in [3.05, 3.63) is 46.8 Å². The molecule has 134 valence electrons. The summed E-state index contributed by atoms with van der Waals surface area (Å²) in [5, 5.41) is 4.45. The number of carbonyl (C=O) groups excluding carboxylic acids is 1. The summed E-state index contributed by atoms with van der Waals surface area (Å²) < 4.78 is 1.86. The summed E-state index contributed by atoms with van der Waals surface area (Å²) in [6.07, 6.45) is 1.38. The first-order valence-corrected chi connectivity index (χ1v) is 9.00. The average Bonchev–Trinajstić information content (AvgIpc) is 2.76. The van der Waals surface area contributed by atoms with Gasteiger partial charge in [0.05, 0.1) is 12.1 Å². The summed E-state index contributed by atoms with van der Waals surface area (Å²) in [7, 11) is 4.05. The van der Waals surface area contributed by atoms with Crippen molar-refractivity contribution < 1.29 is 4.79 Å². The minimum absolute atomic E-state index is 0.191. The van der Waals surface area contributed by atoms with Crippen LogP contribution in [0.3, 0.4) is 0 Å². The molecule has 5 nitrogen and oxygen atoms in total. The number of para-hydroxylation sites is 1. The molecule has 1 aromatic heterocycles. The van der Waals surface area contributed by atoms with Gasteiger partial charge in [-0.25, -0.2) is 0 Å². The van der Waals surface area contributed by atoms with Gasteiger partial charge in [0.25, 0.3) is 0 Å². The van der Waals surface area contributed by atoms with Gasteiger partial charge < -0.3 is 9.80 Å². The van der Waals surface area contributed by atoms with Crippen molar-refractivity contribution in [3.63, 3.8) is 0 Å². The van der Waals surface area contributed by atoms with E-state index in [4.69, 9.17) is 0 Å². The van der Waals surface area contributed by atoms with Crippen molar-refractivity contribution >= 4 is 11.6 Å². The second-order valence-corrected chi connectivity index (χ2v) is 7.04. The average molecular weight is 340 g/mol. The zero-order valence-corrected chi connectivity index (χ0v) is 15.9. The topological polar surface area (TPSA) is 41.4 Å². The van der Waals surface area contributed by atoms with E-state index in [2.05, 4.69) is 53.1 Å². The zero-order chi connectivity index (χ0) is 18.1. The monoisotopic (exact) mass is 340 g/mol. The molecule has 25 heavy (non-hydrogen) atoms. The van der Waals surface area contributed by atoms with Crippen LogP contribution in [0.5, 0.6) is 0 Å². The Labute approximate surface area is 150 Å². The molecule has 1 aliphatic heterocycles. The van der Waals surface area contributed by atoms with Crippen LogP contribution in [0.15, 0.2) is 24.3 Å². The van der Waals surface area contributed by atoms with Gasteiger partial charge >= 0.3 is 0 Å². The van der Waals surface area contributed by atoms with E-state index < -0.39 is 0 Å². The van der Waals surface area contributed by atoms with Gasteiger partial charge in [0, 0.05) is 50.2 Å². The molecule has 1 aromatic carbocycles. The number of aryl methyl sites for hydroxylation is 2. The molecule has 0 fully saturated rings. The molecule has 0 saturated heterocycles. The summed E-state index contributed by atoms with van der Waals surface area (Å²) >= 11 is 0. The van der Waals surface area contributed by atoms with Crippen molar-refractivity contribution in [2.75, 3.05) is 18.5 Å². The second kappa shape index (κ2) is 6.90. The van der Waals surface area contributed by atoms with Crippen molar-refractivity contribution in [2.45, 2.75) is 46.2 Å². The van der Waals surface area contributed by atoms with Crippen LogP contribution in [-0.2, 0) is 24.8 Å². The molecule has 0 aliphatic carbocycles. The number of carbonyl (C=O) groups is 1. The quantitative estimate of drug-likeness (QED) is 0.863. The highest BCUT2D eigenvalue weighted by Gasteiger charge is 2.29. The first-order valence-electron chi connectivity index (χ1n) is 9.00. The normalized spacial score (nSPS) is 17.4. The molecule has 0 unspecified atom stereocenters. The van der Waals surface area contributed by atoms with Gasteiger partial charge in [-0.3, -0.25) is 9.48 Å². The van der Waals surface area contributed by atoms with Crippen molar-refractivity contribution in [1.29, 1.82) is 0 Å². The standard InChI is InChI=1S/C20H28N4O/c1-6-17-13-22(4)19-10-8-7-9-16(19)12-24(17)20(25)11-18-14(2)21-23(5)15(18)3/h7-10,17H,6,11-13H2,1-5H3/t17-/m0/s1. The Kier molecular flexibility index (Phi) is 4.84. The van der Waals surface area contributed by atoms with Gasteiger partial charge in [-0.05, 0) is 31.9 Å². The molecule has 1 aliphatic rings.